The van der Waals surface area contributed by atoms with Crippen LogP contribution in [0.15, 0.2) is 91.1 Å². The molecule has 0 atom stereocenters. The Balaban J connectivity index is 1.16. The third-order valence-electron chi connectivity index (χ3n) is 5.53. The molecule has 2 aromatic heterocycles. The second kappa shape index (κ2) is 9.55. The monoisotopic (exact) mass is 453 g/mol. The average molecular weight is 454 g/mol. The lowest BCUT2D eigenvalue weighted by Gasteiger charge is -2.08. The van der Waals surface area contributed by atoms with E-state index in [9.17, 15) is 0 Å². The number of thioether (sulfide) groups is 1. The molecule has 0 amide bonds. The topological polar surface area (TPSA) is 40.7 Å². The van der Waals surface area contributed by atoms with E-state index in [1.807, 2.05) is 18.2 Å². The molecule has 0 saturated carbocycles. The molecule has 0 aliphatic heterocycles. The van der Waals surface area contributed by atoms with Gasteiger partial charge in [0.15, 0.2) is 0 Å². The molecule has 2 heterocycles. The van der Waals surface area contributed by atoms with Crippen LogP contribution in [0.2, 0.25) is 0 Å². The zero-order chi connectivity index (χ0) is 21.8. The van der Waals surface area contributed by atoms with E-state index in [2.05, 4.69) is 83.2 Å². The van der Waals surface area contributed by atoms with Gasteiger partial charge in [-0.3, -0.25) is 0 Å². The molecule has 0 aliphatic rings. The first-order chi connectivity index (χ1) is 15.8. The lowest BCUT2D eigenvalue weighted by Crippen LogP contribution is -2.21. The first kappa shape index (κ1) is 20.7. The summed E-state index contributed by atoms with van der Waals surface area (Å²) in [6, 6.07) is 29.4. The number of nitrogens with one attached hydrogen (secondary N) is 2. The average Bonchev–Trinajstić information content (AvgIpc) is 3.26. The number of hydrogen-bond acceptors (Lipinski definition) is 3. The third-order valence-corrected chi connectivity index (χ3v) is 6.91. The Morgan fingerprint density at radius 1 is 0.938 bits per heavy atom. The lowest BCUT2D eigenvalue weighted by atomic mass is 10.1. The highest BCUT2D eigenvalue weighted by atomic mass is 32.2. The Kier molecular flexibility index (Phi) is 6.19. The number of nitrogens with zero attached hydrogens (tertiary/aromatic N) is 1. The van der Waals surface area contributed by atoms with Crippen LogP contribution in [0.4, 0.5) is 0 Å². The predicted molar refractivity (Wildman–Crippen MR) is 141 cm³/mol. The molecule has 0 unspecified atom stereocenters. The summed E-state index contributed by atoms with van der Waals surface area (Å²) < 4.78 is 0.836. The van der Waals surface area contributed by atoms with Gasteiger partial charge >= 0.3 is 0 Å². The van der Waals surface area contributed by atoms with Crippen molar-refractivity contribution < 1.29 is 0 Å². The predicted octanol–water partition coefficient (Wildman–Crippen LogP) is 6.73. The molecular formula is C27H23N3S2. The van der Waals surface area contributed by atoms with Crippen LogP contribution in [0.25, 0.3) is 33.1 Å². The van der Waals surface area contributed by atoms with Crippen LogP contribution in [-0.4, -0.2) is 20.8 Å². The number of benzene rings is 3. The Labute approximate surface area is 197 Å². The SMILES string of the molecule is S=C(NCCc1c[nH]c2ccccc12)SCc1ccc2nc(-c3ccccc3)ccc2c1. The van der Waals surface area contributed by atoms with Crippen LogP contribution < -0.4 is 5.32 Å². The summed E-state index contributed by atoms with van der Waals surface area (Å²) in [4.78, 5) is 8.15. The Morgan fingerprint density at radius 3 is 2.69 bits per heavy atom. The highest BCUT2D eigenvalue weighted by molar-refractivity contribution is 8.22. The normalized spacial score (nSPS) is 11.1. The minimum Gasteiger partial charge on any atom is -0.371 e. The summed E-state index contributed by atoms with van der Waals surface area (Å²) >= 11 is 7.21. The van der Waals surface area contributed by atoms with E-state index in [4.69, 9.17) is 17.2 Å². The van der Waals surface area contributed by atoms with Crippen molar-refractivity contribution in [1.29, 1.82) is 0 Å². The number of hydrogen-bond donors (Lipinski definition) is 2. The zero-order valence-electron chi connectivity index (χ0n) is 17.5. The maximum atomic E-state index is 5.54. The van der Waals surface area contributed by atoms with Gasteiger partial charge in [0.05, 0.1) is 11.2 Å². The number of aromatic nitrogens is 2. The fourth-order valence-electron chi connectivity index (χ4n) is 3.87. The second-order valence-corrected chi connectivity index (χ2v) is 9.35. The summed E-state index contributed by atoms with van der Waals surface area (Å²) in [6.07, 6.45) is 3.03. The van der Waals surface area contributed by atoms with Gasteiger partial charge in [-0.15, -0.1) is 0 Å². The van der Waals surface area contributed by atoms with Crippen LogP contribution in [-0.2, 0) is 12.2 Å². The van der Waals surface area contributed by atoms with E-state index in [-0.39, 0.29) is 0 Å². The number of thiocarbonyl (C=S) groups is 1. The summed E-state index contributed by atoms with van der Waals surface area (Å²) in [6.45, 7) is 0.831. The number of pyridine rings is 1. The standard InChI is InChI=1S/C27H23N3S2/c31-27(28-15-14-22-17-29-26-9-5-4-8-23(22)26)32-18-19-10-12-25-21(16-19)11-13-24(30-25)20-6-2-1-3-7-20/h1-13,16-17,29H,14-15,18H2,(H,28,31). The fraction of sp³-hybridized carbons (Fsp3) is 0.111. The quantitative estimate of drug-likeness (QED) is 0.280. The van der Waals surface area contributed by atoms with Gasteiger partial charge in [0.1, 0.15) is 4.32 Å². The molecule has 158 valence electrons. The molecule has 0 aliphatic carbocycles. The van der Waals surface area contributed by atoms with Gasteiger partial charge in [0, 0.05) is 40.3 Å². The molecule has 0 spiro atoms. The fourth-order valence-corrected chi connectivity index (χ4v) is 4.83. The summed E-state index contributed by atoms with van der Waals surface area (Å²) in [7, 11) is 0. The van der Waals surface area contributed by atoms with Gasteiger partial charge < -0.3 is 10.3 Å². The van der Waals surface area contributed by atoms with E-state index in [0.29, 0.717) is 0 Å². The number of H-pyrrole nitrogens is 1. The van der Waals surface area contributed by atoms with Crippen LogP contribution in [0.5, 0.6) is 0 Å². The number of para-hydroxylation sites is 1. The summed E-state index contributed by atoms with van der Waals surface area (Å²) in [5.74, 6) is 0.843. The zero-order valence-corrected chi connectivity index (χ0v) is 19.2. The smallest absolute Gasteiger partial charge is 0.134 e. The highest BCUT2D eigenvalue weighted by Gasteiger charge is 2.06. The van der Waals surface area contributed by atoms with E-state index in [0.717, 1.165) is 45.2 Å². The molecule has 0 bridgehead atoms. The maximum Gasteiger partial charge on any atom is 0.134 e. The number of fused-ring (bicyclic) bond motifs is 2. The third kappa shape index (κ3) is 4.69. The molecule has 2 N–H and O–H groups in total. The molecule has 0 fully saturated rings. The molecule has 0 radical (unpaired) electrons. The van der Waals surface area contributed by atoms with Crippen molar-refractivity contribution in [3.63, 3.8) is 0 Å². The summed E-state index contributed by atoms with van der Waals surface area (Å²) in [5, 5.41) is 5.83. The minimum absolute atomic E-state index is 0.831. The van der Waals surface area contributed by atoms with Gasteiger partial charge in [0.2, 0.25) is 0 Å². The van der Waals surface area contributed by atoms with Crippen LogP contribution in [0.3, 0.4) is 0 Å². The van der Waals surface area contributed by atoms with Crippen molar-refractivity contribution in [2.45, 2.75) is 12.2 Å². The van der Waals surface area contributed by atoms with Crippen LogP contribution in [0, 0.1) is 0 Å². The van der Waals surface area contributed by atoms with Crippen molar-refractivity contribution in [3.05, 3.63) is 102 Å². The number of rotatable bonds is 6. The summed E-state index contributed by atoms with van der Waals surface area (Å²) in [5.41, 5.74) is 6.90. The minimum atomic E-state index is 0.831. The van der Waals surface area contributed by atoms with E-state index in [1.54, 1.807) is 11.8 Å². The highest BCUT2D eigenvalue weighted by Crippen LogP contribution is 2.23. The molecule has 3 aromatic carbocycles. The van der Waals surface area contributed by atoms with Crippen LogP contribution in [0.1, 0.15) is 11.1 Å². The molecule has 5 aromatic rings. The van der Waals surface area contributed by atoms with E-state index < -0.39 is 0 Å². The van der Waals surface area contributed by atoms with Gasteiger partial charge in [-0.05, 0) is 41.8 Å². The molecule has 3 nitrogen and oxygen atoms in total. The van der Waals surface area contributed by atoms with Gasteiger partial charge in [-0.2, -0.15) is 0 Å². The molecule has 0 saturated heterocycles. The Morgan fingerprint density at radius 2 is 1.78 bits per heavy atom. The molecular weight excluding hydrogens is 430 g/mol. The van der Waals surface area contributed by atoms with Gasteiger partial charge in [-0.25, -0.2) is 4.98 Å². The Bertz CT molecular complexity index is 1380. The first-order valence-electron chi connectivity index (χ1n) is 10.7. The van der Waals surface area contributed by atoms with Crippen molar-refractivity contribution in [2.75, 3.05) is 6.54 Å². The maximum absolute atomic E-state index is 5.54. The van der Waals surface area contributed by atoms with Crippen molar-refractivity contribution in [1.82, 2.24) is 15.3 Å². The largest absolute Gasteiger partial charge is 0.371 e. The van der Waals surface area contributed by atoms with Gasteiger partial charge in [-0.1, -0.05) is 84.6 Å². The number of aromatic amines is 1. The van der Waals surface area contributed by atoms with Crippen molar-refractivity contribution in [2.24, 2.45) is 0 Å². The second-order valence-electron chi connectivity index (χ2n) is 7.70. The van der Waals surface area contributed by atoms with Crippen molar-refractivity contribution >= 4 is 50.1 Å². The van der Waals surface area contributed by atoms with Crippen molar-refractivity contribution in [3.8, 4) is 11.3 Å². The van der Waals surface area contributed by atoms with E-state index >= 15 is 0 Å². The van der Waals surface area contributed by atoms with E-state index in [1.165, 1.54) is 22.0 Å². The lowest BCUT2D eigenvalue weighted by molar-refractivity contribution is 0.887. The molecule has 5 rings (SSSR count). The molecule has 32 heavy (non-hydrogen) atoms. The van der Waals surface area contributed by atoms with Crippen LogP contribution >= 0.6 is 24.0 Å². The first-order valence-corrected chi connectivity index (χ1v) is 12.1. The molecule has 5 heteroatoms. The Hall–Kier alpha value is -3.15. The van der Waals surface area contributed by atoms with Gasteiger partial charge in [0.25, 0.3) is 0 Å².